The van der Waals surface area contributed by atoms with E-state index in [2.05, 4.69) is 16.2 Å². The molecule has 0 fully saturated rings. The average Bonchev–Trinajstić information content (AvgIpc) is 3.13. The van der Waals surface area contributed by atoms with Crippen molar-refractivity contribution in [3.63, 3.8) is 0 Å². The molecule has 2 aromatic heterocycles. The van der Waals surface area contributed by atoms with E-state index in [9.17, 15) is 9.18 Å². The normalized spacial score (nSPS) is 13.5. The van der Waals surface area contributed by atoms with Crippen LogP contribution in [0.25, 0.3) is 22.4 Å². The summed E-state index contributed by atoms with van der Waals surface area (Å²) >= 11 is 0. The van der Waals surface area contributed by atoms with Crippen LogP contribution < -0.4 is 4.90 Å². The van der Waals surface area contributed by atoms with Gasteiger partial charge in [0.05, 0.1) is 22.3 Å². The van der Waals surface area contributed by atoms with Crippen molar-refractivity contribution in [3.05, 3.63) is 77.2 Å². The molecule has 0 unspecified atom stereocenters. The molecular formula is C23H18FN3O2. The van der Waals surface area contributed by atoms with Gasteiger partial charge in [0.1, 0.15) is 5.82 Å². The van der Waals surface area contributed by atoms with E-state index in [4.69, 9.17) is 4.52 Å². The van der Waals surface area contributed by atoms with Gasteiger partial charge in [-0.25, -0.2) is 9.37 Å². The van der Waals surface area contributed by atoms with Gasteiger partial charge in [-0.15, -0.1) is 0 Å². The third kappa shape index (κ3) is 2.97. The van der Waals surface area contributed by atoms with Gasteiger partial charge in [-0.2, -0.15) is 0 Å². The maximum Gasteiger partial charge on any atom is 0.259 e. The number of rotatable bonds is 2. The molecule has 2 aromatic carbocycles. The van der Waals surface area contributed by atoms with Crippen molar-refractivity contribution in [1.82, 2.24) is 10.1 Å². The summed E-state index contributed by atoms with van der Waals surface area (Å²) in [4.78, 5) is 20.0. The van der Waals surface area contributed by atoms with Gasteiger partial charge in [-0.1, -0.05) is 23.4 Å². The van der Waals surface area contributed by atoms with E-state index in [1.54, 1.807) is 25.1 Å². The summed E-state index contributed by atoms with van der Waals surface area (Å²) in [5, 5.41) is 4.62. The Labute approximate surface area is 166 Å². The van der Waals surface area contributed by atoms with E-state index < -0.39 is 0 Å². The van der Waals surface area contributed by atoms with Gasteiger partial charge >= 0.3 is 0 Å². The predicted octanol–water partition coefficient (Wildman–Crippen LogP) is 4.93. The number of pyridine rings is 1. The minimum atomic E-state index is -0.327. The summed E-state index contributed by atoms with van der Waals surface area (Å²) in [5.41, 5.74) is 4.76. The third-order valence-corrected chi connectivity index (χ3v) is 5.34. The first kappa shape index (κ1) is 17.6. The van der Waals surface area contributed by atoms with Crippen molar-refractivity contribution in [1.29, 1.82) is 0 Å². The molecule has 3 heterocycles. The number of hydrogen-bond acceptors (Lipinski definition) is 4. The zero-order chi connectivity index (χ0) is 20.0. The number of carbonyl (C=O) groups is 1. The summed E-state index contributed by atoms with van der Waals surface area (Å²) in [7, 11) is 0. The lowest BCUT2D eigenvalue weighted by Crippen LogP contribution is -2.35. The smallest absolute Gasteiger partial charge is 0.259 e. The highest BCUT2D eigenvalue weighted by Crippen LogP contribution is 2.32. The molecular weight excluding hydrogens is 369 g/mol. The zero-order valence-corrected chi connectivity index (χ0v) is 15.9. The summed E-state index contributed by atoms with van der Waals surface area (Å²) in [6.07, 6.45) is 1.86. The second kappa shape index (κ2) is 6.81. The fourth-order valence-electron chi connectivity index (χ4n) is 3.92. The number of para-hydroxylation sites is 1. The Morgan fingerprint density at radius 1 is 1.14 bits per heavy atom. The van der Waals surface area contributed by atoms with Gasteiger partial charge < -0.3 is 9.42 Å². The highest BCUT2D eigenvalue weighted by molar-refractivity contribution is 6.14. The first-order chi connectivity index (χ1) is 14.1. The van der Waals surface area contributed by atoms with E-state index in [1.807, 2.05) is 23.1 Å². The van der Waals surface area contributed by atoms with E-state index in [1.165, 1.54) is 12.1 Å². The molecule has 0 aliphatic carbocycles. The molecule has 0 saturated carbocycles. The Bertz CT molecular complexity index is 1230. The van der Waals surface area contributed by atoms with Gasteiger partial charge in [-0.3, -0.25) is 4.79 Å². The molecule has 0 bridgehead atoms. The van der Waals surface area contributed by atoms with E-state index in [0.717, 1.165) is 24.1 Å². The number of fused-ring (bicyclic) bond motifs is 2. The van der Waals surface area contributed by atoms with Gasteiger partial charge in [0, 0.05) is 17.8 Å². The maximum absolute atomic E-state index is 13.6. The molecule has 1 aliphatic heterocycles. The lowest BCUT2D eigenvalue weighted by Gasteiger charge is -2.29. The van der Waals surface area contributed by atoms with Crippen molar-refractivity contribution < 1.29 is 13.7 Å². The number of hydrogen-bond donors (Lipinski definition) is 0. The molecule has 0 radical (unpaired) electrons. The minimum Gasteiger partial charge on any atom is -0.335 e. The van der Waals surface area contributed by atoms with Crippen molar-refractivity contribution in [2.24, 2.45) is 0 Å². The largest absolute Gasteiger partial charge is 0.335 e. The van der Waals surface area contributed by atoms with Crippen LogP contribution in [0.2, 0.25) is 0 Å². The van der Waals surface area contributed by atoms with Crippen LogP contribution in [0.1, 0.15) is 28.0 Å². The van der Waals surface area contributed by atoms with E-state index >= 15 is 0 Å². The third-order valence-electron chi connectivity index (χ3n) is 5.34. The standard InChI is InChI=1S/C23H18FN3O2/c1-14-21-18(23(28)27-12-4-6-16-5-2-3-7-20(16)27)13-19(25-22(21)29-26-14)15-8-10-17(24)11-9-15/h2-3,5,7-11,13H,4,6,12H2,1H3. The number of anilines is 1. The van der Waals surface area contributed by atoms with E-state index in [-0.39, 0.29) is 11.7 Å². The predicted molar refractivity (Wildman–Crippen MR) is 108 cm³/mol. The molecule has 0 atom stereocenters. The molecule has 1 amide bonds. The number of halogens is 1. The number of nitrogens with zero attached hydrogens (tertiary/aromatic N) is 3. The first-order valence-electron chi connectivity index (χ1n) is 9.54. The summed E-state index contributed by atoms with van der Waals surface area (Å²) < 4.78 is 18.7. The lowest BCUT2D eigenvalue weighted by atomic mass is 9.99. The molecule has 1 aliphatic rings. The fourth-order valence-corrected chi connectivity index (χ4v) is 3.92. The minimum absolute atomic E-state index is 0.112. The summed E-state index contributed by atoms with van der Waals surface area (Å²) in [6.45, 7) is 2.45. The highest BCUT2D eigenvalue weighted by atomic mass is 19.1. The molecule has 4 aromatic rings. The number of benzene rings is 2. The monoisotopic (exact) mass is 387 g/mol. The van der Waals surface area contributed by atoms with Crippen LogP contribution in [-0.2, 0) is 6.42 Å². The van der Waals surface area contributed by atoms with Crippen molar-refractivity contribution in [2.75, 3.05) is 11.4 Å². The average molecular weight is 387 g/mol. The Morgan fingerprint density at radius 2 is 1.93 bits per heavy atom. The molecule has 5 nitrogen and oxygen atoms in total. The second-order valence-electron chi connectivity index (χ2n) is 7.20. The molecule has 0 N–H and O–H groups in total. The van der Waals surface area contributed by atoms with Crippen molar-refractivity contribution in [3.8, 4) is 11.3 Å². The van der Waals surface area contributed by atoms with Crippen LogP contribution in [-0.4, -0.2) is 22.6 Å². The number of amides is 1. The maximum atomic E-state index is 13.6. The van der Waals surface area contributed by atoms with Crippen LogP contribution in [0.5, 0.6) is 0 Å². The molecule has 144 valence electrons. The SMILES string of the molecule is Cc1noc2nc(-c3ccc(F)cc3)cc(C(=O)N3CCCc4ccccc43)c12. The van der Waals surface area contributed by atoms with Crippen LogP contribution in [0.3, 0.4) is 0 Å². The van der Waals surface area contributed by atoms with Crippen LogP contribution >= 0.6 is 0 Å². The molecule has 5 rings (SSSR count). The van der Waals surface area contributed by atoms with E-state index in [0.29, 0.717) is 40.2 Å². The van der Waals surface area contributed by atoms with Gasteiger partial charge in [0.15, 0.2) is 0 Å². The zero-order valence-electron chi connectivity index (χ0n) is 15.9. The topological polar surface area (TPSA) is 59.2 Å². The van der Waals surface area contributed by atoms with Crippen LogP contribution in [0.4, 0.5) is 10.1 Å². The lowest BCUT2D eigenvalue weighted by molar-refractivity contribution is 0.0986. The number of aryl methyl sites for hydroxylation is 2. The van der Waals surface area contributed by atoms with Gasteiger partial charge in [-0.05, 0) is 61.7 Å². The molecule has 0 spiro atoms. The van der Waals surface area contributed by atoms with Crippen molar-refractivity contribution in [2.45, 2.75) is 19.8 Å². The number of carbonyl (C=O) groups excluding carboxylic acids is 1. The molecule has 29 heavy (non-hydrogen) atoms. The second-order valence-corrected chi connectivity index (χ2v) is 7.20. The quantitative estimate of drug-likeness (QED) is 0.489. The van der Waals surface area contributed by atoms with Crippen LogP contribution in [0.15, 0.2) is 59.1 Å². The Kier molecular flexibility index (Phi) is 4.12. The fraction of sp³-hybridized carbons (Fsp3) is 0.174. The number of aromatic nitrogens is 2. The highest BCUT2D eigenvalue weighted by Gasteiger charge is 2.27. The van der Waals surface area contributed by atoms with Crippen LogP contribution in [0, 0.1) is 12.7 Å². The first-order valence-corrected chi connectivity index (χ1v) is 9.54. The summed E-state index contributed by atoms with van der Waals surface area (Å²) in [5.74, 6) is -0.439. The summed E-state index contributed by atoms with van der Waals surface area (Å²) in [6, 6.07) is 15.7. The van der Waals surface area contributed by atoms with Gasteiger partial charge in [0.25, 0.3) is 11.6 Å². The van der Waals surface area contributed by atoms with Gasteiger partial charge in [0.2, 0.25) is 0 Å². The Morgan fingerprint density at radius 3 is 2.76 bits per heavy atom. The molecule has 6 heteroatoms. The van der Waals surface area contributed by atoms with Crippen molar-refractivity contribution >= 4 is 22.7 Å². The Balaban J connectivity index is 1.67. The Hall–Kier alpha value is -3.54. The molecule has 0 saturated heterocycles.